The highest BCUT2D eigenvalue weighted by molar-refractivity contribution is 8.15. The minimum atomic E-state index is -0.647. The molecule has 1 saturated heterocycles. The van der Waals surface area contributed by atoms with Crippen molar-refractivity contribution in [3.05, 3.63) is 42.5 Å². The standard InChI is InChI=1S/C21H24N4O5S/c1-2-9-22-18(27)13-30-20(29)14-5-7-15(8-6-14)23-17(26)12-16-19(28)24-21(31-16)25-10-3-4-11-25/h2,5-8,16H,1,3-4,9-13H2,(H,22,27)(H,23,26). The van der Waals surface area contributed by atoms with Gasteiger partial charge in [-0.2, -0.15) is 4.99 Å². The number of hydrogen-bond acceptors (Lipinski definition) is 7. The summed E-state index contributed by atoms with van der Waals surface area (Å²) in [4.78, 5) is 54.1. The van der Waals surface area contributed by atoms with Crippen LogP contribution in [0.2, 0.25) is 0 Å². The van der Waals surface area contributed by atoms with Crippen molar-refractivity contribution in [1.82, 2.24) is 10.2 Å². The summed E-state index contributed by atoms with van der Waals surface area (Å²) in [6.45, 7) is 5.17. The number of carbonyl (C=O) groups excluding carboxylic acids is 4. The topological polar surface area (TPSA) is 117 Å². The van der Waals surface area contributed by atoms with Crippen LogP contribution in [0.25, 0.3) is 0 Å². The Hall–Kier alpha value is -3.14. The fourth-order valence-electron chi connectivity index (χ4n) is 3.07. The van der Waals surface area contributed by atoms with Gasteiger partial charge in [-0.25, -0.2) is 4.79 Å². The Morgan fingerprint density at radius 1 is 1.19 bits per heavy atom. The maximum atomic E-state index is 12.3. The maximum absolute atomic E-state index is 12.3. The molecule has 2 aliphatic heterocycles. The van der Waals surface area contributed by atoms with E-state index in [2.05, 4.69) is 27.1 Å². The molecule has 1 aromatic rings. The van der Waals surface area contributed by atoms with Gasteiger partial charge in [-0.15, -0.1) is 6.58 Å². The van der Waals surface area contributed by atoms with E-state index in [1.807, 2.05) is 0 Å². The summed E-state index contributed by atoms with van der Waals surface area (Å²) in [5.74, 6) is -1.66. The number of aliphatic imine (C=N–C) groups is 1. The molecule has 1 unspecified atom stereocenters. The molecule has 9 nitrogen and oxygen atoms in total. The Balaban J connectivity index is 1.44. The highest BCUT2D eigenvalue weighted by Crippen LogP contribution is 2.29. The number of likely N-dealkylation sites (tertiary alicyclic amines) is 1. The molecule has 0 bridgehead atoms. The predicted octanol–water partition coefficient (Wildman–Crippen LogP) is 1.57. The molecule has 1 fully saturated rings. The lowest BCUT2D eigenvalue weighted by Gasteiger charge is -2.16. The number of ether oxygens (including phenoxy) is 1. The third-order valence-electron chi connectivity index (χ3n) is 4.66. The van der Waals surface area contributed by atoms with E-state index in [0.717, 1.165) is 25.9 Å². The molecule has 1 atom stereocenters. The van der Waals surface area contributed by atoms with E-state index in [1.165, 1.54) is 30.0 Å². The van der Waals surface area contributed by atoms with Gasteiger partial charge >= 0.3 is 5.97 Å². The molecular weight excluding hydrogens is 420 g/mol. The highest BCUT2D eigenvalue weighted by Gasteiger charge is 2.33. The van der Waals surface area contributed by atoms with Crippen molar-refractivity contribution in [2.24, 2.45) is 4.99 Å². The van der Waals surface area contributed by atoms with Crippen LogP contribution >= 0.6 is 11.8 Å². The lowest BCUT2D eigenvalue weighted by Crippen LogP contribution is -2.28. The van der Waals surface area contributed by atoms with Gasteiger partial charge in [0.15, 0.2) is 11.8 Å². The maximum Gasteiger partial charge on any atom is 0.338 e. The molecule has 0 aliphatic carbocycles. The number of thioether (sulfide) groups is 1. The molecule has 31 heavy (non-hydrogen) atoms. The molecule has 2 heterocycles. The van der Waals surface area contributed by atoms with Crippen LogP contribution < -0.4 is 10.6 Å². The molecule has 3 amide bonds. The zero-order chi connectivity index (χ0) is 22.2. The Labute approximate surface area is 184 Å². The number of anilines is 1. The summed E-state index contributed by atoms with van der Waals surface area (Å²) < 4.78 is 4.93. The summed E-state index contributed by atoms with van der Waals surface area (Å²) in [7, 11) is 0. The number of nitrogens with one attached hydrogen (secondary N) is 2. The molecule has 0 aromatic heterocycles. The molecule has 2 N–H and O–H groups in total. The van der Waals surface area contributed by atoms with Crippen molar-refractivity contribution in [2.75, 3.05) is 31.6 Å². The fraction of sp³-hybridized carbons (Fsp3) is 0.381. The molecule has 164 valence electrons. The summed E-state index contributed by atoms with van der Waals surface area (Å²) in [6, 6.07) is 6.09. The first-order chi connectivity index (χ1) is 15.0. The first-order valence-electron chi connectivity index (χ1n) is 9.95. The Kier molecular flexibility index (Phi) is 7.82. The van der Waals surface area contributed by atoms with Crippen LogP contribution in [0.4, 0.5) is 5.69 Å². The van der Waals surface area contributed by atoms with Crippen LogP contribution in [0, 0.1) is 0 Å². The lowest BCUT2D eigenvalue weighted by atomic mass is 10.2. The molecule has 1 aromatic carbocycles. The van der Waals surface area contributed by atoms with Gasteiger partial charge in [0.1, 0.15) is 5.25 Å². The van der Waals surface area contributed by atoms with Gasteiger partial charge in [0.25, 0.3) is 11.8 Å². The van der Waals surface area contributed by atoms with Crippen molar-refractivity contribution in [1.29, 1.82) is 0 Å². The third kappa shape index (κ3) is 6.42. The zero-order valence-electron chi connectivity index (χ0n) is 17.0. The van der Waals surface area contributed by atoms with Crippen molar-refractivity contribution >= 4 is 46.3 Å². The summed E-state index contributed by atoms with van der Waals surface area (Å²) in [6.07, 6.45) is 3.72. The van der Waals surface area contributed by atoms with Crippen molar-refractivity contribution in [2.45, 2.75) is 24.5 Å². The molecular formula is C21H24N4O5S. The summed E-state index contributed by atoms with van der Waals surface area (Å²) in [5, 5.41) is 5.41. The number of amides is 3. The molecule has 0 spiro atoms. The zero-order valence-corrected chi connectivity index (χ0v) is 17.8. The normalized spacial score (nSPS) is 17.8. The summed E-state index contributed by atoms with van der Waals surface area (Å²) in [5.41, 5.74) is 0.737. The smallest absolute Gasteiger partial charge is 0.338 e. The average molecular weight is 445 g/mol. The number of carbonyl (C=O) groups is 4. The first kappa shape index (κ1) is 22.5. The van der Waals surface area contributed by atoms with Crippen molar-refractivity contribution in [3.63, 3.8) is 0 Å². The monoisotopic (exact) mass is 444 g/mol. The quantitative estimate of drug-likeness (QED) is 0.462. The van der Waals surface area contributed by atoms with E-state index < -0.39 is 17.1 Å². The largest absolute Gasteiger partial charge is 0.452 e. The van der Waals surface area contributed by atoms with Gasteiger partial charge in [-0.05, 0) is 37.1 Å². The van der Waals surface area contributed by atoms with Gasteiger partial charge in [0.2, 0.25) is 5.91 Å². The van der Waals surface area contributed by atoms with E-state index in [9.17, 15) is 19.2 Å². The number of rotatable bonds is 8. The number of amidine groups is 1. The Morgan fingerprint density at radius 2 is 1.90 bits per heavy atom. The van der Waals surface area contributed by atoms with Gasteiger partial charge in [-0.3, -0.25) is 14.4 Å². The second-order valence-electron chi connectivity index (χ2n) is 7.03. The van der Waals surface area contributed by atoms with E-state index in [4.69, 9.17) is 4.74 Å². The fourth-order valence-corrected chi connectivity index (χ4v) is 4.19. The summed E-state index contributed by atoms with van der Waals surface area (Å²) >= 11 is 1.34. The number of benzene rings is 1. The van der Waals surface area contributed by atoms with Gasteiger partial charge in [-0.1, -0.05) is 17.8 Å². The Morgan fingerprint density at radius 3 is 2.58 bits per heavy atom. The minimum Gasteiger partial charge on any atom is -0.452 e. The number of esters is 1. The van der Waals surface area contributed by atoms with E-state index >= 15 is 0 Å². The SMILES string of the molecule is C=CCNC(=O)COC(=O)c1ccc(NC(=O)CC2SC(N3CCCC3)=NC2=O)cc1. The van der Waals surface area contributed by atoms with Crippen LogP contribution in [-0.4, -0.2) is 65.2 Å². The first-order valence-corrected chi connectivity index (χ1v) is 10.8. The van der Waals surface area contributed by atoms with Gasteiger partial charge < -0.3 is 20.3 Å². The van der Waals surface area contributed by atoms with E-state index in [-0.39, 0.29) is 30.4 Å². The van der Waals surface area contributed by atoms with Gasteiger partial charge in [0.05, 0.1) is 5.56 Å². The molecule has 2 aliphatic rings. The van der Waals surface area contributed by atoms with Crippen molar-refractivity contribution < 1.29 is 23.9 Å². The highest BCUT2D eigenvalue weighted by atomic mass is 32.2. The van der Waals surface area contributed by atoms with Crippen LogP contribution in [0.1, 0.15) is 29.6 Å². The second-order valence-corrected chi connectivity index (χ2v) is 8.20. The van der Waals surface area contributed by atoms with Crippen LogP contribution in [0.15, 0.2) is 41.9 Å². The number of nitrogens with zero attached hydrogens (tertiary/aromatic N) is 2. The lowest BCUT2D eigenvalue weighted by molar-refractivity contribution is -0.124. The molecule has 0 saturated carbocycles. The number of hydrogen-bond donors (Lipinski definition) is 2. The van der Waals surface area contributed by atoms with E-state index in [1.54, 1.807) is 12.1 Å². The minimum absolute atomic E-state index is 0.0218. The van der Waals surface area contributed by atoms with E-state index in [0.29, 0.717) is 17.4 Å². The van der Waals surface area contributed by atoms with Crippen LogP contribution in [0.5, 0.6) is 0 Å². The molecule has 10 heteroatoms. The molecule has 0 radical (unpaired) electrons. The molecule has 3 rings (SSSR count). The van der Waals surface area contributed by atoms with Crippen LogP contribution in [0.3, 0.4) is 0 Å². The second kappa shape index (κ2) is 10.8. The van der Waals surface area contributed by atoms with Crippen molar-refractivity contribution in [3.8, 4) is 0 Å². The van der Waals surface area contributed by atoms with Crippen LogP contribution in [-0.2, 0) is 19.1 Å². The Bertz CT molecular complexity index is 894. The third-order valence-corrected chi connectivity index (χ3v) is 5.87. The predicted molar refractivity (Wildman–Crippen MR) is 118 cm³/mol. The van der Waals surface area contributed by atoms with Gasteiger partial charge in [0, 0.05) is 31.7 Å². The average Bonchev–Trinajstić information content (AvgIpc) is 3.41.